The van der Waals surface area contributed by atoms with E-state index < -0.39 is 10.8 Å². The maximum Gasteiger partial charge on any atom is 0.146 e. The Bertz CT molecular complexity index is 512. The van der Waals surface area contributed by atoms with Crippen LogP contribution in [0, 0.1) is 0 Å². The molecule has 0 aliphatic rings. The number of benzene rings is 1. The number of hydrogen-bond donors (Lipinski definition) is 0. The lowest BCUT2D eigenvalue weighted by Crippen LogP contribution is -1.94. The van der Waals surface area contributed by atoms with Gasteiger partial charge in [0.2, 0.25) is 0 Å². The number of halogens is 1. The Balaban J connectivity index is 2.77. The van der Waals surface area contributed by atoms with Crippen molar-refractivity contribution in [3.63, 3.8) is 0 Å². The van der Waals surface area contributed by atoms with Gasteiger partial charge in [0.25, 0.3) is 0 Å². The van der Waals surface area contributed by atoms with Gasteiger partial charge in [-0.25, -0.2) is 4.98 Å². The third-order valence-corrected chi connectivity index (χ3v) is 3.17. The normalized spacial score (nSPS) is 13.0. The molecule has 4 heteroatoms. The number of para-hydroxylation sites is 1. The second-order valence-electron chi connectivity index (χ2n) is 2.92. The summed E-state index contributed by atoms with van der Waals surface area (Å²) in [6.45, 7) is 0. The first kappa shape index (κ1) is 9.62. The van der Waals surface area contributed by atoms with Gasteiger partial charge in [-0.05, 0) is 12.1 Å². The summed E-state index contributed by atoms with van der Waals surface area (Å²) in [5, 5.41) is 1.88. The van der Waals surface area contributed by atoms with Crippen molar-refractivity contribution in [1.29, 1.82) is 0 Å². The van der Waals surface area contributed by atoms with Crippen LogP contribution in [0.5, 0.6) is 0 Å². The highest BCUT2D eigenvalue weighted by Gasteiger charge is 2.07. The van der Waals surface area contributed by atoms with Gasteiger partial charge in [-0.15, -0.1) is 0 Å². The lowest BCUT2D eigenvalue weighted by molar-refractivity contribution is 0.684. The van der Waals surface area contributed by atoms with Crippen LogP contribution in [0.2, 0.25) is 5.02 Å². The predicted molar refractivity (Wildman–Crippen MR) is 59.1 cm³/mol. The van der Waals surface area contributed by atoms with Crippen LogP contribution in [0.3, 0.4) is 0 Å². The molecule has 0 aliphatic carbocycles. The zero-order valence-electron chi connectivity index (χ0n) is 7.53. The van der Waals surface area contributed by atoms with Crippen LogP contribution in [0.25, 0.3) is 10.9 Å². The highest BCUT2D eigenvalue weighted by atomic mass is 35.5. The molecular formula is C10H8ClNOS. The molecular weight excluding hydrogens is 218 g/mol. The van der Waals surface area contributed by atoms with Gasteiger partial charge < -0.3 is 0 Å². The Kier molecular flexibility index (Phi) is 2.52. The molecule has 0 fully saturated rings. The van der Waals surface area contributed by atoms with Crippen LogP contribution < -0.4 is 0 Å². The number of pyridine rings is 1. The van der Waals surface area contributed by atoms with Gasteiger partial charge in [0.05, 0.1) is 21.3 Å². The summed E-state index contributed by atoms with van der Waals surface area (Å²) in [6.07, 6.45) is 1.57. The van der Waals surface area contributed by atoms with E-state index in [0.29, 0.717) is 10.0 Å². The van der Waals surface area contributed by atoms with Gasteiger partial charge in [-0.1, -0.05) is 29.8 Å². The molecule has 14 heavy (non-hydrogen) atoms. The lowest BCUT2D eigenvalue weighted by Gasteiger charge is -2.02. The number of nitrogens with zero attached hydrogens (tertiary/aromatic N) is 1. The van der Waals surface area contributed by atoms with Crippen molar-refractivity contribution in [2.24, 2.45) is 0 Å². The Morgan fingerprint density at radius 2 is 2.07 bits per heavy atom. The fourth-order valence-electron chi connectivity index (χ4n) is 1.27. The van der Waals surface area contributed by atoms with E-state index in [4.69, 9.17) is 11.6 Å². The molecule has 1 heterocycles. The number of rotatable bonds is 1. The number of aromatic nitrogens is 1. The maximum absolute atomic E-state index is 11.3. The fourth-order valence-corrected chi connectivity index (χ4v) is 2.32. The zero-order chi connectivity index (χ0) is 10.1. The predicted octanol–water partition coefficient (Wildman–Crippen LogP) is 2.63. The monoisotopic (exact) mass is 225 g/mol. The van der Waals surface area contributed by atoms with Crippen molar-refractivity contribution in [3.05, 3.63) is 35.4 Å². The molecule has 0 amide bonds. The van der Waals surface area contributed by atoms with Crippen LogP contribution in [-0.2, 0) is 10.8 Å². The van der Waals surface area contributed by atoms with Crippen LogP contribution >= 0.6 is 11.6 Å². The lowest BCUT2D eigenvalue weighted by atomic mass is 10.2. The summed E-state index contributed by atoms with van der Waals surface area (Å²) in [6, 6.07) is 9.41. The standard InChI is InChI=1S/C10H8ClNOS/c1-14(13)10-8(11)6-7-4-2-3-5-9(7)12-10/h2-6H,1H3. The van der Waals surface area contributed by atoms with Gasteiger partial charge in [0.15, 0.2) is 0 Å². The van der Waals surface area contributed by atoms with E-state index in [-0.39, 0.29) is 0 Å². The highest BCUT2D eigenvalue weighted by molar-refractivity contribution is 7.84. The Labute approximate surface area is 89.4 Å². The highest BCUT2D eigenvalue weighted by Crippen LogP contribution is 2.22. The average Bonchev–Trinajstić information content (AvgIpc) is 2.16. The van der Waals surface area contributed by atoms with Gasteiger partial charge in [0.1, 0.15) is 5.03 Å². The molecule has 2 nitrogen and oxygen atoms in total. The molecule has 1 aromatic heterocycles. The summed E-state index contributed by atoms with van der Waals surface area (Å²) in [4.78, 5) is 4.24. The van der Waals surface area contributed by atoms with E-state index in [1.165, 1.54) is 0 Å². The molecule has 0 spiro atoms. The first-order chi connectivity index (χ1) is 6.68. The minimum absolute atomic E-state index is 0.449. The minimum atomic E-state index is -1.14. The summed E-state index contributed by atoms with van der Waals surface area (Å²) in [5.74, 6) is 0. The molecule has 2 aromatic rings. The van der Waals surface area contributed by atoms with E-state index in [2.05, 4.69) is 4.98 Å². The van der Waals surface area contributed by atoms with Crippen molar-refractivity contribution in [2.75, 3.05) is 6.26 Å². The molecule has 0 saturated carbocycles. The molecule has 1 atom stereocenters. The second kappa shape index (κ2) is 3.67. The van der Waals surface area contributed by atoms with E-state index >= 15 is 0 Å². The Morgan fingerprint density at radius 3 is 2.79 bits per heavy atom. The molecule has 0 aliphatic heterocycles. The van der Waals surface area contributed by atoms with E-state index in [0.717, 1.165) is 10.9 Å². The average molecular weight is 226 g/mol. The van der Waals surface area contributed by atoms with E-state index in [1.54, 1.807) is 12.3 Å². The summed E-state index contributed by atoms with van der Waals surface area (Å²) in [7, 11) is -1.14. The van der Waals surface area contributed by atoms with Crippen molar-refractivity contribution >= 4 is 33.3 Å². The third kappa shape index (κ3) is 1.65. The van der Waals surface area contributed by atoms with Gasteiger partial charge in [-0.2, -0.15) is 0 Å². The molecule has 1 aromatic carbocycles. The first-order valence-electron chi connectivity index (χ1n) is 4.07. The molecule has 1 unspecified atom stereocenters. The fraction of sp³-hybridized carbons (Fsp3) is 0.100. The van der Waals surface area contributed by atoms with Gasteiger partial charge in [0, 0.05) is 11.6 Å². The van der Waals surface area contributed by atoms with Gasteiger partial charge in [-0.3, -0.25) is 4.21 Å². The molecule has 0 bridgehead atoms. The van der Waals surface area contributed by atoms with Crippen LogP contribution in [0.1, 0.15) is 0 Å². The zero-order valence-corrected chi connectivity index (χ0v) is 9.10. The molecule has 0 N–H and O–H groups in total. The summed E-state index contributed by atoms with van der Waals surface area (Å²) in [5.41, 5.74) is 0.821. The number of fused-ring (bicyclic) bond motifs is 1. The Morgan fingerprint density at radius 1 is 1.36 bits per heavy atom. The van der Waals surface area contributed by atoms with Crippen LogP contribution in [0.4, 0.5) is 0 Å². The van der Waals surface area contributed by atoms with Crippen LogP contribution in [-0.4, -0.2) is 15.4 Å². The number of hydrogen-bond acceptors (Lipinski definition) is 2. The molecule has 2 rings (SSSR count). The second-order valence-corrected chi connectivity index (χ2v) is 4.62. The quantitative estimate of drug-likeness (QED) is 0.747. The summed E-state index contributed by atoms with van der Waals surface area (Å²) < 4.78 is 11.3. The first-order valence-corrected chi connectivity index (χ1v) is 6.01. The largest absolute Gasteiger partial charge is 0.253 e. The van der Waals surface area contributed by atoms with Crippen molar-refractivity contribution in [1.82, 2.24) is 4.98 Å². The third-order valence-electron chi connectivity index (χ3n) is 1.92. The van der Waals surface area contributed by atoms with Crippen LogP contribution in [0.15, 0.2) is 35.4 Å². The maximum atomic E-state index is 11.3. The SMILES string of the molecule is CS(=O)c1nc2ccccc2cc1Cl. The van der Waals surface area contributed by atoms with Gasteiger partial charge >= 0.3 is 0 Å². The van der Waals surface area contributed by atoms with Crippen molar-refractivity contribution < 1.29 is 4.21 Å². The summed E-state index contributed by atoms with van der Waals surface area (Å²) >= 11 is 5.94. The topological polar surface area (TPSA) is 30.0 Å². The van der Waals surface area contributed by atoms with E-state index in [1.807, 2.05) is 24.3 Å². The van der Waals surface area contributed by atoms with Crippen molar-refractivity contribution in [3.8, 4) is 0 Å². The van der Waals surface area contributed by atoms with E-state index in [9.17, 15) is 4.21 Å². The molecule has 0 saturated heterocycles. The molecule has 0 radical (unpaired) electrons. The van der Waals surface area contributed by atoms with Crippen molar-refractivity contribution in [2.45, 2.75) is 5.03 Å². The minimum Gasteiger partial charge on any atom is -0.253 e. The molecule has 72 valence electrons. The Hall–Kier alpha value is -0.930. The smallest absolute Gasteiger partial charge is 0.146 e.